The average Bonchev–Trinajstić information content (AvgIpc) is 2.30. The molecule has 1 unspecified atom stereocenters. The van der Waals surface area contributed by atoms with Crippen LogP contribution >= 0.6 is 0 Å². The van der Waals surface area contributed by atoms with Crippen LogP contribution in [0.5, 0.6) is 0 Å². The zero-order chi connectivity index (χ0) is 13.7. The molecule has 0 N–H and O–H groups in total. The van der Waals surface area contributed by atoms with E-state index in [2.05, 4.69) is 32.9 Å². The topological polar surface area (TPSA) is 26.3 Å². The minimum absolute atomic E-state index is 0.189. The van der Waals surface area contributed by atoms with Gasteiger partial charge in [0.2, 0.25) is 0 Å². The van der Waals surface area contributed by atoms with Crippen molar-refractivity contribution >= 4 is 5.78 Å². The third kappa shape index (κ3) is 3.67. The van der Waals surface area contributed by atoms with Gasteiger partial charge in [-0.1, -0.05) is 24.6 Å². The van der Waals surface area contributed by atoms with Crippen molar-refractivity contribution in [2.24, 2.45) is 0 Å². The van der Waals surface area contributed by atoms with Gasteiger partial charge >= 0.3 is 0 Å². The third-order valence-electron chi connectivity index (χ3n) is 3.29. The van der Waals surface area contributed by atoms with E-state index in [1.165, 1.54) is 16.7 Å². The van der Waals surface area contributed by atoms with Gasteiger partial charge in [-0.05, 0) is 50.8 Å². The molecule has 0 amide bonds. The fraction of sp³-hybridized carbons (Fsp3) is 0.562. The number of aryl methyl sites for hydroxylation is 3. The van der Waals surface area contributed by atoms with Gasteiger partial charge in [-0.15, -0.1) is 0 Å². The van der Waals surface area contributed by atoms with Crippen molar-refractivity contribution in [1.82, 2.24) is 0 Å². The van der Waals surface area contributed by atoms with Crippen molar-refractivity contribution in [3.8, 4) is 0 Å². The molecule has 18 heavy (non-hydrogen) atoms. The van der Waals surface area contributed by atoms with Gasteiger partial charge in [0.25, 0.3) is 0 Å². The zero-order valence-corrected chi connectivity index (χ0v) is 12.2. The Kier molecular flexibility index (Phi) is 5.54. The lowest BCUT2D eigenvalue weighted by Crippen LogP contribution is -2.25. The van der Waals surface area contributed by atoms with Crippen LogP contribution in [-0.4, -0.2) is 18.5 Å². The number of ether oxygens (including phenoxy) is 1. The molecule has 0 aromatic heterocycles. The maximum absolute atomic E-state index is 12.2. The lowest BCUT2D eigenvalue weighted by molar-refractivity contribution is -0.129. The van der Waals surface area contributed by atoms with Gasteiger partial charge in [0.15, 0.2) is 5.78 Å². The molecule has 0 spiro atoms. The summed E-state index contributed by atoms with van der Waals surface area (Å²) < 4.78 is 5.48. The molecule has 1 aromatic rings. The first-order valence-corrected chi connectivity index (χ1v) is 6.70. The molecule has 1 atom stereocenters. The fourth-order valence-electron chi connectivity index (χ4n) is 2.42. The lowest BCUT2D eigenvalue weighted by atomic mass is 9.94. The van der Waals surface area contributed by atoms with E-state index in [0.717, 1.165) is 12.0 Å². The van der Waals surface area contributed by atoms with Crippen LogP contribution in [0.25, 0.3) is 0 Å². The van der Waals surface area contributed by atoms with Gasteiger partial charge in [0.1, 0.15) is 6.10 Å². The third-order valence-corrected chi connectivity index (χ3v) is 3.29. The number of carbonyl (C=O) groups excluding carboxylic acids is 1. The van der Waals surface area contributed by atoms with Crippen LogP contribution in [0.15, 0.2) is 12.1 Å². The Morgan fingerprint density at radius 2 is 1.72 bits per heavy atom. The molecule has 0 aliphatic rings. The summed E-state index contributed by atoms with van der Waals surface area (Å²) in [6.07, 6.45) is 0.975. The standard InChI is InChI=1S/C16H24O2/c1-6-16(18-7-2)15(17)10-14-12(4)8-11(3)9-13(14)5/h8-9,16H,6-7,10H2,1-5H3. The van der Waals surface area contributed by atoms with E-state index >= 15 is 0 Å². The van der Waals surface area contributed by atoms with Crippen molar-refractivity contribution in [3.63, 3.8) is 0 Å². The van der Waals surface area contributed by atoms with E-state index in [9.17, 15) is 4.79 Å². The molecule has 2 nitrogen and oxygen atoms in total. The average molecular weight is 248 g/mol. The summed E-state index contributed by atoms with van der Waals surface area (Å²) in [5.41, 5.74) is 4.81. The molecule has 1 rings (SSSR count). The first-order chi connectivity index (χ1) is 8.49. The Labute approximate surface area is 110 Å². The highest BCUT2D eigenvalue weighted by atomic mass is 16.5. The van der Waals surface area contributed by atoms with Gasteiger partial charge in [-0.3, -0.25) is 4.79 Å². The van der Waals surface area contributed by atoms with Crippen LogP contribution in [0.4, 0.5) is 0 Å². The second-order valence-corrected chi connectivity index (χ2v) is 4.87. The predicted molar refractivity (Wildman–Crippen MR) is 75.1 cm³/mol. The first-order valence-electron chi connectivity index (χ1n) is 6.70. The van der Waals surface area contributed by atoms with Gasteiger partial charge in [0, 0.05) is 13.0 Å². The minimum Gasteiger partial charge on any atom is -0.371 e. The number of carbonyl (C=O) groups is 1. The maximum Gasteiger partial charge on any atom is 0.165 e. The molecule has 1 aromatic carbocycles. The van der Waals surface area contributed by atoms with Crippen LogP contribution in [-0.2, 0) is 16.0 Å². The fourth-order valence-corrected chi connectivity index (χ4v) is 2.42. The largest absolute Gasteiger partial charge is 0.371 e. The lowest BCUT2D eigenvalue weighted by Gasteiger charge is -2.16. The van der Waals surface area contributed by atoms with Crippen LogP contribution in [0.1, 0.15) is 42.5 Å². The Hall–Kier alpha value is -1.15. The highest BCUT2D eigenvalue weighted by Crippen LogP contribution is 2.18. The van der Waals surface area contributed by atoms with Crippen molar-refractivity contribution in [2.75, 3.05) is 6.61 Å². The number of hydrogen-bond acceptors (Lipinski definition) is 2. The Morgan fingerprint density at radius 1 is 1.17 bits per heavy atom. The monoisotopic (exact) mass is 248 g/mol. The van der Waals surface area contributed by atoms with Gasteiger partial charge < -0.3 is 4.74 Å². The van der Waals surface area contributed by atoms with Crippen molar-refractivity contribution < 1.29 is 9.53 Å². The molecular weight excluding hydrogens is 224 g/mol. The predicted octanol–water partition coefficient (Wildman–Crippen LogP) is 3.54. The number of hydrogen-bond donors (Lipinski definition) is 0. The minimum atomic E-state index is -0.255. The first kappa shape index (κ1) is 14.9. The Balaban J connectivity index is 2.87. The molecule has 0 radical (unpaired) electrons. The van der Waals surface area contributed by atoms with E-state index in [4.69, 9.17) is 4.74 Å². The van der Waals surface area contributed by atoms with Crippen LogP contribution in [0.3, 0.4) is 0 Å². The second kappa shape index (κ2) is 6.69. The van der Waals surface area contributed by atoms with Gasteiger partial charge in [-0.25, -0.2) is 0 Å². The smallest absolute Gasteiger partial charge is 0.165 e. The number of Topliss-reactive ketones (excluding diaryl/α,β-unsaturated/α-hetero) is 1. The SMILES string of the molecule is CCOC(CC)C(=O)Cc1c(C)cc(C)cc1C. The summed E-state index contributed by atoms with van der Waals surface area (Å²) >= 11 is 0. The maximum atomic E-state index is 12.2. The molecule has 2 heteroatoms. The number of rotatable bonds is 6. The quantitative estimate of drug-likeness (QED) is 0.769. The summed E-state index contributed by atoms with van der Waals surface area (Å²) in [5.74, 6) is 0.189. The van der Waals surface area contributed by atoms with E-state index in [0.29, 0.717) is 13.0 Å². The summed E-state index contributed by atoms with van der Waals surface area (Å²) in [7, 11) is 0. The Bertz CT molecular complexity index is 398. The number of ketones is 1. The van der Waals surface area contributed by atoms with E-state index < -0.39 is 0 Å². The van der Waals surface area contributed by atoms with E-state index in [1.807, 2.05) is 13.8 Å². The van der Waals surface area contributed by atoms with E-state index in [1.54, 1.807) is 0 Å². The molecule has 0 saturated heterocycles. The summed E-state index contributed by atoms with van der Waals surface area (Å²) in [4.78, 5) is 12.2. The molecule has 0 aliphatic carbocycles. The van der Waals surface area contributed by atoms with Crippen molar-refractivity contribution in [3.05, 3.63) is 34.4 Å². The molecule has 0 bridgehead atoms. The van der Waals surface area contributed by atoms with Gasteiger partial charge in [-0.2, -0.15) is 0 Å². The molecule has 0 heterocycles. The van der Waals surface area contributed by atoms with Crippen molar-refractivity contribution in [2.45, 2.75) is 53.6 Å². The summed E-state index contributed by atoms with van der Waals surface area (Å²) in [5, 5.41) is 0. The molecule has 0 aliphatic heterocycles. The molecule has 0 fully saturated rings. The van der Waals surface area contributed by atoms with Crippen LogP contribution in [0.2, 0.25) is 0 Å². The summed E-state index contributed by atoms with van der Waals surface area (Å²) in [6, 6.07) is 4.27. The number of benzene rings is 1. The van der Waals surface area contributed by atoms with E-state index in [-0.39, 0.29) is 11.9 Å². The molecular formula is C16H24O2. The van der Waals surface area contributed by atoms with Crippen molar-refractivity contribution in [1.29, 1.82) is 0 Å². The van der Waals surface area contributed by atoms with Gasteiger partial charge in [0.05, 0.1) is 0 Å². The zero-order valence-electron chi connectivity index (χ0n) is 12.2. The van der Waals surface area contributed by atoms with Crippen LogP contribution < -0.4 is 0 Å². The molecule has 0 saturated carbocycles. The second-order valence-electron chi connectivity index (χ2n) is 4.87. The highest BCUT2D eigenvalue weighted by Gasteiger charge is 2.18. The molecule has 100 valence electrons. The highest BCUT2D eigenvalue weighted by molar-refractivity contribution is 5.85. The normalized spacial score (nSPS) is 12.5. The van der Waals surface area contributed by atoms with Crippen LogP contribution in [0, 0.1) is 20.8 Å². The summed E-state index contributed by atoms with van der Waals surface area (Å²) in [6.45, 7) is 10.7. The Morgan fingerprint density at radius 3 is 2.17 bits per heavy atom.